The topological polar surface area (TPSA) is 63.2 Å². The molecule has 0 saturated heterocycles. The summed E-state index contributed by atoms with van der Waals surface area (Å²) >= 11 is 0. The number of carbonyl (C=O) groups excluding carboxylic acids is 1. The maximum absolute atomic E-state index is 11.8. The van der Waals surface area contributed by atoms with Gasteiger partial charge in [0.2, 0.25) is 0 Å². The van der Waals surface area contributed by atoms with Gasteiger partial charge in [-0.3, -0.25) is 4.98 Å². The number of rotatable bonds is 6. The van der Waals surface area contributed by atoms with Crippen molar-refractivity contribution in [3.63, 3.8) is 0 Å². The van der Waals surface area contributed by atoms with Gasteiger partial charge in [-0.15, -0.1) is 0 Å². The first-order chi connectivity index (χ1) is 11.8. The van der Waals surface area contributed by atoms with E-state index in [2.05, 4.69) is 21.7 Å². The first-order valence-corrected chi connectivity index (χ1v) is 8.47. The van der Waals surface area contributed by atoms with E-state index in [-0.39, 0.29) is 6.03 Å². The van der Waals surface area contributed by atoms with Crippen LogP contribution >= 0.6 is 0 Å². The van der Waals surface area contributed by atoms with Gasteiger partial charge in [0.15, 0.2) is 0 Å². The number of amides is 2. The van der Waals surface area contributed by atoms with Crippen LogP contribution in [0.25, 0.3) is 0 Å². The third-order valence-electron chi connectivity index (χ3n) is 4.17. The highest BCUT2D eigenvalue weighted by Gasteiger charge is 2.13. The number of benzene rings is 1. The second-order valence-corrected chi connectivity index (χ2v) is 5.92. The lowest BCUT2D eigenvalue weighted by atomic mass is 9.91. The van der Waals surface area contributed by atoms with Gasteiger partial charge in [0, 0.05) is 18.9 Å². The molecule has 0 saturated carbocycles. The zero-order chi connectivity index (χ0) is 16.6. The molecule has 3 rings (SSSR count). The van der Waals surface area contributed by atoms with E-state index in [0.717, 1.165) is 24.2 Å². The van der Waals surface area contributed by atoms with E-state index in [9.17, 15) is 4.79 Å². The van der Waals surface area contributed by atoms with Crippen LogP contribution in [0.5, 0.6) is 5.75 Å². The van der Waals surface area contributed by atoms with Crippen molar-refractivity contribution in [2.75, 3.05) is 13.2 Å². The number of carbonyl (C=O) groups is 1. The number of hydrogen-bond donors (Lipinski definition) is 2. The maximum Gasteiger partial charge on any atom is 0.315 e. The van der Waals surface area contributed by atoms with E-state index < -0.39 is 0 Å². The highest BCUT2D eigenvalue weighted by atomic mass is 16.5. The van der Waals surface area contributed by atoms with Crippen molar-refractivity contribution >= 4 is 6.03 Å². The zero-order valence-corrected chi connectivity index (χ0v) is 13.8. The van der Waals surface area contributed by atoms with E-state index in [4.69, 9.17) is 4.74 Å². The minimum absolute atomic E-state index is 0.197. The highest BCUT2D eigenvalue weighted by molar-refractivity contribution is 5.73. The molecule has 5 heteroatoms. The minimum atomic E-state index is -0.197. The van der Waals surface area contributed by atoms with Crippen molar-refractivity contribution in [2.45, 2.75) is 32.2 Å². The van der Waals surface area contributed by atoms with Crippen molar-refractivity contribution < 1.29 is 9.53 Å². The Balaban J connectivity index is 1.39. The maximum atomic E-state index is 11.8. The SMILES string of the molecule is O=C(NCCOc1cccc2c1CCCC2)NCc1cccnc1. The van der Waals surface area contributed by atoms with Crippen molar-refractivity contribution in [1.29, 1.82) is 0 Å². The molecule has 1 aliphatic rings. The van der Waals surface area contributed by atoms with E-state index >= 15 is 0 Å². The lowest BCUT2D eigenvalue weighted by Crippen LogP contribution is -2.37. The highest BCUT2D eigenvalue weighted by Crippen LogP contribution is 2.29. The molecule has 0 aliphatic heterocycles. The number of fused-ring (bicyclic) bond motifs is 1. The van der Waals surface area contributed by atoms with Gasteiger partial charge in [0.1, 0.15) is 12.4 Å². The van der Waals surface area contributed by atoms with Crippen molar-refractivity contribution in [2.24, 2.45) is 0 Å². The van der Waals surface area contributed by atoms with Gasteiger partial charge in [0.25, 0.3) is 0 Å². The van der Waals surface area contributed by atoms with E-state index in [1.54, 1.807) is 12.4 Å². The predicted molar refractivity (Wildman–Crippen MR) is 93.1 cm³/mol. The third-order valence-corrected chi connectivity index (χ3v) is 4.17. The smallest absolute Gasteiger partial charge is 0.315 e. The minimum Gasteiger partial charge on any atom is -0.491 e. The number of pyridine rings is 1. The molecule has 0 fully saturated rings. The van der Waals surface area contributed by atoms with E-state index in [1.165, 1.54) is 24.0 Å². The van der Waals surface area contributed by atoms with Gasteiger partial charge >= 0.3 is 6.03 Å². The van der Waals surface area contributed by atoms with Crippen LogP contribution in [0.2, 0.25) is 0 Å². The Hall–Kier alpha value is -2.56. The summed E-state index contributed by atoms with van der Waals surface area (Å²) < 4.78 is 5.87. The van der Waals surface area contributed by atoms with Crippen LogP contribution in [0.4, 0.5) is 4.79 Å². The molecule has 0 radical (unpaired) electrons. The summed E-state index contributed by atoms with van der Waals surface area (Å²) in [4.78, 5) is 15.8. The van der Waals surface area contributed by atoms with Gasteiger partial charge < -0.3 is 15.4 Å². The van der Waals surface area contributed by atoms with Crippen LogP contribution in [0.3, 0.4) is 0 Å². The fourth-order valence-corrected chi connectivity index (χ4v) is 2.95. The summed E-state index contributed by atoms with van der Waals surface area (Å²) in [7, 11) is 0. The molecule has 24 heavy (non-hydrogen) atoms. The molecule has 0 bridgehead atoms. The number of nitrogens with one attached hydrogen (secondary N) is 2. The summed E-state index contributed by atoms with van der Waals surface area (Å²) in [6, 6.07) is 9.83. The number of hydrogen-bond acceptors (Lipinski definition) is 3. The quantitative estimate of drug-likeness (QED) is 0.803. The molecule has 1 aromatic carbocycles. The summed E-state index contributed by atoms with van der Waals surface area (Å²) in [6.07, 6.45) is 8.16. The fourth-order valence-electron chi connectivity index (χ4n) is 2.95. The monoisotopic (exact) mass is 325 g/mol. The first-order valence-electron chi connectivity index (χ1n) is 8.47. The lowest BCUT2D eigenvalue weighted by Gasteiger charge is -2.19. The van der Waals surface area contributed by atoms with Gasteiger partial charge in [-0.1, -0.05) is 18.2 Å². The second-order valence-electron chi connectivity index (χ2n) is 5.92. The number of aryl methyl sites for hydroxylation is 1. The fraction of sp³-hybridized carbons (Fsp3) is 0.368. The third kappa shape index (κ3) is 4.47. The molecule has 1 aliphatic carbocycles. The largest absolute Gasteiger partial charge is 0.491 e. The Labute approximate surface area is 142 Å². The predicted octanol–water partition coefficient (Wildman–Crippen LogP) is 2.84. The lowest BCUT2D eigenvalue weighted by molar-refractivity contribution is 0.236. The summed E-state index contributed by atoms with van der Waals surface area (Å²) in [6.45, 7) is 1.41. The molecule has 2 aromatic rings. The molecule has 5 nitrogen and oxygen atoms in total. The summed E-state index contributed by atoms with van der Waals surface area (Å²) in [5.41, 5.74) is 3.71. The van der Waals surface area contributed by atoms with Crippen LogP contribution < -0.4 is 15.4 Å². The Morgan fingerprint density at radius 1 is 1.12 bits per heavy atom. The molecule has 2 N–H and O–H groups in total. The Morgan fingerprint density at radius 2 is 2.04 bits per heavy atom. The van der Waals surface area contributed by atoms with E-state index in [1.807, 2.05) is 24.3 Å². The van der Waals surface area contributed by atoms with Crippen molar-refractivity contribution in [3.05, 3.63) is 59.4 Å². The molecule has 1 aromatic heterocycles. The van der Waals surface area contributed by atoms with Crippen LogP contribution in [0, 0.1) is 0 Å². The van der Waals surface area contributed by atoms with Gasteiger partial charge in [-0.25, -0.2) is 4.79 Å². The average molecular weight is 325 g/mol. The normalized spacial score (nSPS) is 13.0. The average Bonchev–Trinajstić information content (AvgIpc) is 2.64. The molecule has 1 heterocycles. The molecule has 2 amide bonds. The summed E-state index contributed by atoms with van der Waals surface area (Å²) in [5, 5.41) is 5.61. The molecule has 0 unspecified atom stereocenters. The van der Waals surface area contributed by atoms with Crippen LogP contribution in [0.1, 0.15) is 29.5 Å². The number of urea groups is 1. The Bertz CT molecular complexity index is 674. The van der Waals surface area contributed by atoms with Crippen LogP contribution in [-0.4, -0.2) is 24.2 Å². The molecular weight excluding hydrogens is 302 g/mol. The first kappa shape index (κ1) is 16.3. The Kier molecular flexibility index (Phi) is 5.66. The number of aromatic nitrogens is 1. The van der Waals surface area contributed by atoms with Gasteiger partial charge in [-0.2, -0.15) is 0 Å². The van der Waals surface area contributed by atoms with Gasteiger partial charge in [0.05, 0.1) is 6.54 Å². The summed E-state index contributed by atoms with van der Waals surface area (Å²) in [5.74, 6) is 0.963. The van der Waals surface area contributed by atoms with Gasteiger partial charge in [-0.05, 0) is 54.5 Å². The van der Waals surface area contributed by atoms with Crippen molar-refractivity contribution in [1.82, 2.24) is 15.6 Å². The second kappa shape index (κ2) is 8.34. The van der Waals surface area contributed by atoms with Crippen LogP contribution in [0.15, 0.2) is 42.7 Å². The molecule has 0 atom stereocenters. The molecular formula is C19H23N3O2. The van der Waals surface area contributed by atoms with E-state index in [0.29, 0.717) is 19.7 Å². The Morgan fingerprint density at radius 3 is 2.92 bits per heavy atom. The zero-order valence-electron chi connectivity index (χ0n) is 13.8. The van der Waals surface area contributed by atoms with Crippen molar-refractivity contribution in [3.8, 4) is 5.75 Å². The molecule has 0 spiro atoms. The number of nitrogens with zero attached hydrogens (tertiary/aromatic N) is 1. The number of ether oxygens (including phenoxy) is 1. The standard InChI is InChI=1S/C19H23N3O2/c23-19(22-14-15-5-4-10-20-13-15)21-11-12-24-18-9-3-7-16-6-1-2-8-17(16)18/h3-5,7,9-10,13H,1-2,6,8,11-12,14H2,(H2,21,22,23). The molecule has 126 valence electrons. The van der Waals surface area contributed by atoms with Crippen LogP contribution in [-0.2, 0) is 19.4 Å².